The zero-order chi connectivity index (χ0) is 8.48. The van der Waals surface area contributed by atoms with Gasteiger partial charge in [0.25, 0.3) is 0 Å². The lowest BCUT2D eigenvalue weighted by atomic mass is 10.3. The SMILES string of the molecule is O=C1[CH]COC(C(F)(F)F)N1. The molecule has 1 fully saturated rings. The highest BCUT2D eigenvalue weighted by molar-refractivity contribution is 5.85. The number of halogens is 3. The van der Waals surface area contributed by atoms with E-state index in [-0.39, 0.29) is 6.61 Å². The third-order valence-corrected chi connectivity index (χ3v) is 1.10. The van der Waals surface area contributed by atoms with Crippen molar-refractivity contribution in [3.8, 4) is 0 Å². The molecule has 0 aromatic rings. The molecular weight excluding hydrogens is 163 g/mol. The van der Waals surface area contributed by atoms with Gasteiger partial charge in [0.1, 0.15) is 0 Å². The molecule has 1 aliphatic rings. The minimum Gasteiger partial charge on any atom is -0.349 e. The van der Waals surface area contributed by atoms with E-state index >= 15 is 0 Å². The number of nitrogens with one attached hydrogen (secondary N) is 1. The van der Waals surface area contributed by atoms with E-state index in [1.807, 2.05) is 0 Å². The molecule has 1 rings (SSSR count). The summed E-state index contributed by atoms with van der Waals surface area (Å²) in [5, 5.41) is 1.61. The Bertz CT molecular complexity index is 168. The van der Waals surface area contributed by atoms with E-state index in [9.17, 15) is 18.0 Å². The highest BCUT2D eigenvalue weighted by Crippen LogP contribution is 2.22. The molecule has 0 saturated carbocycles. The normalized spacial score (nSPS) is 26.5. The van der Waals surface area contributed by atoms with Crippen LogP contribution in [0.4, 0.5) is 13.2 Å². The summed E-state index contributed by atoms with van der Waals surface area (Å²) in [7, 11) is 0. The molecule has 6 heteroatoms. The van der Waals surface area contributed by atoms with Gasteiger partial charge >= 0.3 is 6.18 Å². The van der Waals surface area contributed by atoms with Gasteiger partial charge in [-0.1, -0.05) is 0 Å². The Labute approximate surface area is 60.5 Å². The first-order chi connectivity index (χ1) is 5.00. The fraction of sp³-hybridized carbons (Fsp3) is 0.600. The van der Waals surface area contributed by atoms with Gasteiger partial charge in [0.15, 0.2) is 0 Å². The van der Waals surface area contributed by atoms with Crippen molar-refractivity contribution >= 4 is 5.91 Å². The van der Waals surface area contributed by atoms with E-state index in [2.05, 4.69) is 4.74 Å². The Hall–Kier alpha value is -0.780. The van der Waals surface area contributed by atoms with Crippen molar-refractivity contribution in [1.82, 2.24) is 5.32 Å². The fourth-order valence-corrected chi connectivity index (χ4v) is 0.626. The monoisotopic (exact) mass is 168 g/mol. The Morgan fingerprint density at radius 3 is 2.64 bits per heavy atom. The van der Waals surface area contributed by atoms with Gasteiger partial charge in [0.2, 0.25) is 12.1 Å². The van der Waals surface area contributed by atoms with Crippen molar-refractivity contribution in [2.75, 3.05) is 6.61 Å². The summed E-state index contributed by atoms with van der Waals surface area (Å²) in [5.41, 5.74) is 0. The van der Waals surface area contributed by atoms with Gasteiger partial charge in [-0.2, -0.15) is 13.2 Å². The van der Waals surface area contributed by atoms with Crippen molar-refractivity contribution < 1.29 is 22.7 Å². The fourth-order valence-electron chi connectivity index (χ4n) is 0.626. The van der Waals surface area contributed by atoms with Gasteiger partial charge < -0.3 is 10.1 Å². The third-order valence-electron chi connectivity index (χ3n) is 1.10. The van der Waals surface area contributed by atoms with Crippen molar-refractivity contribution in [1.29, 1.82) is 0 Å². The van der Waals surface area contributed by atoms with Crippen LogP contribution >= 0.6 is 0 Å². The largest absolute Gasteiger partial charge is 0.433 e. The number of carbonyl (C=O) groups excluding carboxylic acids is 1. The molecule has 3 nitrogen and oxygen atoms in total. The number of rotatable bonds is 0. The van der Waals surface area contributed by atoms with Crippen molar-refractivity contribution in [2.45, 2.75) is 12.4 Å². The first kappa shape index (κ1) is 8.32. The summed E-state index contributed by atoms with van der Waals surface area (Å²) in [4.78, 5) is 10.4. The number of hydrogen-bond donors (Lipinski definition) is 1. The van der Waals surface area contributed by atoms with E-state index in [0.717, 1.165) is 6.42 Å². The smallest absolute Gasteiger partial charge is 0.349 e. The minimum atomic E-state index is -4.52. The van der Waals surface area contributed by atoms with Crippen molar-refractivity contribution in [2.24, 2.45) is 0 Å². The predicted molar refractivity (Wildman–Crippen MR) is 28.2 cm³/mol. The molecule has 1 atom stereocenters. The van der Waals surface area contributed by atoms with E-state index in [1.165, 1.54) is 0 Å². The van der Waals surface area contributed by atoms with Gasteiger partial charge in [-0.3, -0.25) is 4.79 Å². The molecule has 1 unspecified atom stereocenters. The minimum absolute atomic E-state index is 0.296. The highest BCUT2D eigenvalue weighted by Gasteiger charge is 2.43. The third kappa shape index (κ3) is 2.07. The summed E-state index contributed by atoms with van der Waals surface area (Å²) in [6.07, 6.45) is -5.67. The molecule has 0 spiro atoms. The van der Waals surface area contributed by atoms with Gasteiger partial charge in [-0.05, 0) is 0 Å². The second-order valence-corrected chi connectivity index (χ2v) is 1.97. The quantitative estimate of drug-likeness (QED) is 0.562. The van der Waals surface area contributed by atoms with Gasteiger partial charge in [-0.25, -0.2) is 0 Å². The molecule has 1 radical (unpaired) electrons. The molecule has 0 aromatic heterocycles. The molecule has 1 amide bonds. The topological polar surface area (TPSA) is 38.3 Å². The van der Waals surface area contributed by atoms with Gasteiger partial charge in [0, 0.05) is 0 Å². The standard InChI is InChI=1S/C5H5F3NO2/c6-5(7,8)4-9-3(10)1-2-11-4/h1,4H,2H2,(H,9,10). The number of hydrogen-bond acceptors (Lipinski definition) is 2. The van der Waals surface area contributed by atoms with E-state index in [1.54, 1.807) is 5.32 Å². The molecule has 1 aliphatic heterocycles. The average molecular weight is 168 g/mol. The number of carbonyl (C=O) groups is 1. The Kier molecular flexibility index (Phi) is 2.03. The van der Waals surface area contributed by atoms with Crippen LogP contribution in [0.5, 0.6) is 0 Å². The van der Waals surface area contributed by atoms with Crippen LogP contribution in [0.3, 0.4) is 0 Å². The molecular formula is C5H5F3NO2. The van der Waals surface area contributed by atoms with Gasteiger partial charge in [-0.15, -0.1) is 0 Å². The number of amides is 1. The summed E-state index contributed by atoms with van der Waals surface area (Å²) in [6.45, 7) is -0.296. The molecule has 63 valence electrons. The predicted octanol–water partition coefficient (Wildman–Crippen LogP) is 0.225. The zero-order valence-corrected chi connectivity index (χ0v) is 5.31. The van der Waals surface area contributed by atoms with Crippen molar-refractivity contribution in [3.63, 3.8) is 0 Å². The molecule has 11 heavy (non-hydrogen) atoms. The molecule has 0 bridgehead atoms. The Balaban J connectivity index is 2.53. The molecule has 1 heterocycles. The lowest BCUT2D eigenvalue weighted by Crippen LogP contribution is -2.51. The second kappa shape index (κ2) is 2.69. The maximum Gasteiger partial charge on any atom is 0.433 e. The van der Waals surface area contributed by atoms with Crippen LogP contribution in [0, 0.1) is 6.42 Å². The van der Waals surface area contributed by atoms with Gasteiger partial charge in [0.05, 0.1) is 13.0 Å². The van der Waals surface area contributed by atoms with Crippen LogP contribution in [0.15, 0.2) is 0 Å². The summed E-state index contributed by atoms with van der Waals surface area (Å²) >= 11 is 0. The van der Waals surface area contributed by atoms with Crippen LogP contribution in [0.2, 0.25) is 0 Å². The average Bonchev–Trinajstić information content (AvgIpc) is 1.86. The summed E-state index contributed by atoms with van der Waals surface area (Å²) in [6, 6.07) is 0. The number of ether oxygens (including phenoxy) is 1. The lowest BCUT2D eigenvalue weighted by molar-refractivity contribution is -0.232. The Morgan fingerprint density at radius 2 is 2.27 bits per heavy atom. The molecule has 1 saturated heterocycles. The molecule has 1 N–H and O–H groups in total. The van der Waals surface area contributed by atoms with Crippen LogP contribution in [-0.4, -0.2) is 24.9 Å². The number of alkyl halides is 3. The maximum absolute atomic E-state index is 11.8. The van der Waals surface area contributed by atoms with Crippen molar-refractivity contribution in [3.05, 3.63) is 6.42 Å². The van der Waals surface area contributed by atoms with Crippen LogP contribution in [0.1, 0.15) is 0 Å². The molecule has 0 aromatic carbocycles. The molecule has 0 aliphatic carbocycles. The lowest BCUT2D eigenvalue weighted by Gasteiger charge is -2.25. The first-order valence-electron chi connectivity index (χ1n) is 2.82. The first-order valence-corrected chi connectivity index (χ1v) is 2.82. The van der Waals surface area contributed by atoms with E-state index in [0.29, 0.717) is 0 Å². The van der Waals surface area contributed by atoms with Crippen LogP contribution in [0.25, 0.3) is 0 Å². The summed E-state index contributed by atoms with van der Waals surface area (Å²) < 4.78 is 39.5. The van der Waals surface area contributed by atoms with Crippen LogP contribution in [-0.2, 0) is 9.53 Å². The van der Waals surface area contributed by atoms with E-state index < -0.39 is 18.3 Å². The van der Waals surface area contributed by atoms with Crippen LogP contribution < -0.4 is 5.32 Å². The van der Waals surface area contributed by atoms with E-state index in [4.69, 9.17) is 0 Å². The maximum atomic E-state index is 11.8. The second-order valence-electron chi connectivity index (χ2n) is 1.97. The Morgan fingerprint density at radius 1 is 1.64 bits per heavy atom. The summed E-state index contributed by atoms with van der Waals surface area (Å²) in [5.74, 6) is -0.751. The highest BCUT2D eigenvalue weighted by atomic mass is 19.4. The zero-order valence-electron chi connectivity index (χ0n) is 5.31.